The maximum Gasteiger partial charge on any atom is 0.0701 e. The van der Waals surface area contributed by atoms with Gasteiger partial charge in [0.1, 0.15) is 0 Å². The van der Waals surface area contributed by atoms with E-state index in [0.29, 0.717) is 0 Å². The molecule has 0 aliphatic rings. The molecule has 5 rings (SSSR count). The Morgan fingerprint density at radius 1 is 0.412 bits per heavy atom. The van der Waals surface area contributed by atoms with Crippen LogP contribution in [0.5, 0.6) is 0 Å². The lowest BCUT2D eigenvalue weighted by molar-refractivity contribution is 0.744. The number of hydrogen-bond donors (Lipinski definition) is 0. The van der Waals surface area contributed by atoms with Crippen molar-refractivity contribution in [2.45, 2.75) is 12.3 Å². The molecular formula is C33H29N. The van der Waals surface area contributed by atoms with Gasteiger partial charge in [-0.1, -0.05) is 121 Å². The van der Waals surface area contributed by atoms with Gasteiger partial charge in [-0.15, -0.1) is 0 Å². The van der Waals surface area contributed by atoms with Gasteiger partial charge in [-0.05, 0) is 53.4 Å². The van der Waals surface area contributed by atoms with Crippen LogP contribution in [0.1, 0.15) is 27.8 Å². The van der Waals surface area contributed by atoms with Crippen LogP contribution in [0.3, 0.4) is 0 Å². The summed E-state index contributed by atoms with van der Waals surface area (Å²) in [5.74, 6) is 0. The predicted molar refractivity (Wildman–Crippen MR) is 144 cm³/mol. The summed E-state index contributed by atoms with van der Waals surface area (Å²) in [6.07, 6.45) is 0. The zero-order chi connectivity index (χ0) is 23.4. The molecule has 0 atom stereocenters. The zero-order valence-electron chi connectivity index (χ0n) is 19.7. The van der Waals surface area contributed by atoms with E-state index in [9.17, 15) is 0 Å². The molecular weight excluding hydrogens is 410 g/mol. The maximum atomic E-state index is 2.29. The molecule has 0 aromatic heterocycles. The van der Waals surface area contributed by atoms with Crippen molar-refractivity contribution in [1.29, 1.82) is 0 Å². The molecule has 0 bridgehead atoms. The van der Waals surface area contributed by atoms with E-state index in [1.807, 2.05) is 0 Å². The molecule has 0 aliphatic carbocycles. The first kappa shape index (κ1) is 21.7. The molecule has 0 saturated heterocycles. The topological polar surface area (TPSA) is 3.24 Å². The summed E-state index contributed by atoms with van der Waals surface area (Å²) >= 11 is 0. The summed E-state index contributed by atoms with van der Waals surface area (Å²) in [7, 11) is 2.12. The average molecular weight is 440 g/mol. The Morgan fingerprint density at radius 2 is 0.765 bits per heavy atom. The highest BCUT2D eigenvalue weighted by Crippen LogP contribution is 2.45. The Morgan fingerprint density at radius 3 is 1.24 bits per heavy atom. The number of anilines is 2. The lowest BCUT2D eigenvalue weighted by Crippen LogP contribution is -2.31. The zero-order valence-corrected chi connectivity index (χ0v) is 19.7. The molecule has 0 spiro atoms. The van der Waals surface area contributed by atoms with Crippen molar-refractivity contribution < 1.29 is 0 Å². The third-order valence-corrected chi connectivity index (χ3v) is 6.73. The number of benzene rings is 5. The molecule has 1 nitrogen and oxygen atoms in total. The van der Waals surface area contributed by atoms with Gasteiger partial charge < -0.3 is 4.90 Å². The average Bonchev–Trinajstić information content (AvgIpc) is 2.92. The summed E-state index contributed by atoms with van der Waals surface area (Å²) in [6.45, 7) is 2.14. The Labute approximate surface area is 203 Å². The van der Waals surface area contributed by atoms with Gasteiger partial charge in [-0.25, -0.2) is 0 Å². The SMILES string of the molecule is Cc1ccc(C(c2ccccc2)(c2ccccc2)c2ccc(N(C)c3ccccc3)cc2)cc1. The van der Waals surface area contributed by atoms with Gasteiger partial charge >= 0.3 is 0 Å². The largest absolute Gasteiger partial charge is 0.345 e. The van der Waals surface area contributed by atoms with Crippen molar-refractivity contribution in [3.8, 4) is 0 Å². The van der Waals surface area contributed by atoms with E-state index in [4.69, 9.17) is 0 Å². The van der Waals surface area contributed by atoms with E-state index in [0.717, 1.165) is 5.69 Å². The Hall–Kier alpha value is -4.10. The minimum absolute atomic E-state index is 0.417. The fourth-order valence-electron chi connectivity index (χ4n) is 4.92. The Balaban J connectivity index is 1.72. The van der Waals surface area contributed by atoms with Crippen LogP contribution in [0, 0.1) is 6.92 Å². The fourth-order valence-corrected chi connectivity index (χ4v) is 4.92. The van der Waals surface area contributed by atoms with Gasteiger partial charge in [0.05, 0.1) is 5.41 Å². The molecule has 0 radical (unpaired) electrons. The summed E-state index contributed by atoms with van der Waals surface area (Å²) in [5, 5.41) is 0. The lowest BCUT2D eigenvalue weighted by Gasteiger charge is -2.37. The maximum absolute atomic E-state index is 2.29. The number of rotatable bonds is 6. The van der Waals surface area contributed by atoms with Crippen LogP contribution in [-0.4, -0.2) is 7.05 Å². The van der Waals surface area contributed by atoms with Crippen molar-refractivity contribution in [2.24, 2.45) is 0 Å². The molecule has 0 aliphatic heterocycles. The third kappa shape index (κ3) is 3.91. The van der Waals surface area contributed by atoms with Gasteiger partial charge in [0.15, 0.2) is 0 Å². The second kappa shape index (κ2) is 9.41. The second-order valence-corrected chi connectivity index (χ2v) is 8.79. The van der Waals surface area contributed by atoms with Gasteiger partial charge in [0.25, 0.3) is 0 Å². The number of aryl methyl sites for hydroxylation is 1. The van der Waals surface area contributed by atoms with E-state index in [1.165, 1.54) is 33.5 Å². The quantitative estimate of drug-likeness (QED) is 0.241. The second-order valence-electron chi connectivity index (χ2n) is 8.79. The predicted octanol–water partition coefficient (Wildman–Crippen LogP) is 8.15. The molecule has 166 valence electrons. The highest BCUT2D eigenvalue weighted by atomic mass is 15.1. The van der Waals surface area contributed by atoms with Gasteiger partial charge in [-0.3, -0.25) is 0 Å². The van der Waals surface area contributed by atoms with Crippen LogP contribution in [0.2, 0.25) is 0 Å². The van der Waals surface area contributed by atoms with Gasteiger partial charge in [0, 0.05) is 18.4 Å². The summed E-state index contributed by atoms with van der Waals surface area (Å²) in [6, 6.07) is 50.2. The van der Waals surface area contributed by atoms with Crippen molar-refractivity contribution in [3.63, 3.8) is 0 Å². The molecule has 0 heterocycles. The van der Waals surface area contributed by atoms with E-state index in [2.05, 4.69) is 158 Å². The monoisotopic (exact) mass is 439 g/mol. The van der Waals surface area contributed by atoms with Crippen molar-refractivity contribution in [2.75, 3.05) is 11.9 Å². The van der Waals surface area contributed by atoms with Crippen LogP contribution in [-0.2, 0) is 5.41 Å². The van der Waals surface area contributed by atoms with E-state index in [1.54, 1.807) is 0 Å². The summed E-state index contributed by atoms with van der Waals surface area (Å²) < 4.78 is 0. The van der Waals surface area contributed by atoms with E-state index in [-0.39, 0.29) is 0 Å². The highest BCUT2D eigenvalue weighted by molar-refractivity contribution is 5.65. The van der Waals surface area contributed by atoms with Crippen molar-refractivity contribution in [1.82, 2.24) is 0 Å². The first-order chi connectivity index (χ1) is 16.7. The highest BCUT2D eigenvalue weighted by Gasteiger charge is 2.38. The molecule has 0 unspecified atom stereocenters. The normalized spacial score (nSPS) is 11.2. The molecule has 34 heavy (non-hydrogen) atoms. The summed E-state index contributed by atoms with van der Waals surface area (Å²) in [5.41, 5.74) is 8.21. The van der Waals surface area contributed by atoms with E-state index >= 15 is 0 Å². The molecule has 5 aromatic carbocycles. The molecule has 5 aromatic rings. The van der Waals surface area contributed by atoms with Gasteiger partial charge in [0.2, 0.25) is 0 Å². The first-order valence-corrected chi connectivity index (χ1v) is 11.8. The smallest absolute Gasteiger partial charge is 0.0701 e. The Bertz CT molecular complexity index is 1280. The van der Waals surface area contributed by atoms with Crippen LogP contribution in [0.15, 0.2) is 140 Å². The molecule has 0 N–H and O–H groups in total. The number of para-hydroxylation sites is 1. The molecule has 0 amide bonds. The molecule has 0 fully saturated rings. The lowest BCUT2D eigenvalue weighted by atomic mass is 9.65. The number of hydrogen-bond acceptors (Lipinski definition) is 1. The fraction of sp³-hybridized carbons (Fsp3) is 0.0909. The summed E-state index contributed by atoms with van der Waals surface area (Å²) in [4.78, 5) is 2.22. The standard InChI is InChI=1S/C33H29N/c1-26-18-20-29(21-19-26)33(27-12-6-3-7-13-27,28-14-8-4-9-15-28)30-22-24-32(25-23-30)34(2)31-16-10-5-11-17-31/h3-25H,1-2H3. The minimum Gasteiger partial charge on any atom is -0.345 e. The molecule has 1 heteroatoms. The van der Waals surface area contributed by atoms with E-state index < -0.39 is 5.41 Å². The first-order valence-electron chi connectivity index (χ1n) is 11.8. The van der Waals surface area contributed by atoms with Crippen LogP contribution < -0.4 is 4.90 Å². The van der Waals surface area contributed by atoms with Crippen LogP contribution in [0.4, 0.5) is 11.4 Å². The molecule has 0 saturated carbocycles. The van der Waals surface area contributed by atoms with Gasteiger partial charge in [-0.2, -0.15) is 0 Å². The van der Waals surface area contributed by atoms with Crippen LogP contribution in [0.25, 0.3) is 0 Å². The van der Waals surface area contributed by atoms with Crippen LogP contribution >= 0.6 is 0 Å². The Kier molecular flexibility index (Phi) is 6.01. The minimum atomic E-state index is -0.417. The van der Waals surface area contributed by atoms with Crippen molar-refractivity contribution >= 4 is 11.4 Å². The third-order valence-electron chi connectivity index (χ3n) is 6.73. The van der Waals surface area contributed by atoms with Crippen molar-refractivity contribution in [3.05, 3.63) is 167 Å². The number of nitrogens with zero attached hydrogens (tertiary/aromatic N) is 1.